The fourth-order valence-corrected chi connectivity index (χ4v) is 2.02. The standard InChI is InChI=1S/C8H13N3O2S/c1-11(2)10-14(12,13)8-5-3-7(9)4-6-8/h3-6,10H,9H2,1-2H3. The fraction of sp³-hybridized carbons (Fsp3) is 0.250. The number of hydrogen-bond acceptors (Lipinski definition) is 4. The molecule has 14 heavy (non-hydrogen) atoms. The molecule has 3 N–H and O–H groups in total. The van der Waals surface area contributed by atoms with Crippen LogP contribution in [-0.4, -0.2) is 27.5 Å². The van der Waals surface area contributed by atoms with Crippen molar-refractivity contribution in [1.82, 2.24) is 9.84 Å². The number of nitrogens with two attached hydrogens (primary N) is 1. The summed E-state index contributed by atoms with van der Waals surface area (Å²) in [6, 6.07) is 6.01. The van der Waals surface area contributed by atoms with E-state index in [0.29, 0.717) is 5.69 Å². The zero-order chi connectivity index (χ0) is 10.8. The largest absolute Gasteiger partial charge is 0.399 e. The van der Waals surface area contributed by atoms with Gasteiger partial charge in [-0.15, -0.1) is 4.83 Å². The Morgan fingerprint density at radius 2 is 1.71 bits per heavy atom. The number of nitrogens with one attached hydrogen (secondary N) is 1. The summed E-state index contributed by atoms with van der Waals surface area (Å²) < 4.78 is 23.1. The Bertz CT molecular complexity index is 397. The summed E-state index contributed by atoms with van der Waals surface area (Å²) >= 11 is 0. The second-order valence-electron chi connectivity index (χ2n) is 3.06. The van der Waals surface area contributed by atoms with Gasteiger partial charge in [-0.25, -0.2) is 13.4 Å². The maximum absolute atomic E-state index is 11.6. The molecule has 0 unspecified atom stereocenters. The minimum Gasteiger partial charge on any atom is -0.399 e. The second kappa shape index (κ2) is 3.95. The van der Waals surface area contributed by atoms with Gasteiger partial charge in [0.1, 0.15) is 0 Å². The van der Waals surface area contributed by atoms with Crippen LogP contribution in [0.2, 0.25) is 0 Å². The number of nitrogen functional groups attached to an aromatic ring is 1. The van der Waals surface area contributed by atoms with E-state index in [9.17, 15) is 8.42 Å². The molecule has 0 bridgehead atoms. The molecule has 1 aromatic rings. The zero-order valence-corrected chi connectivity index (χ0v) is 8.88. The van der Waals surface area contributed by atoms with E-state index in [0.717, 1.165) is 0 Å². The molecule has 78 valence electrons. The molecule has 0 saturated carbocycles. The second-order valence-corrected chi connectivity index (χ2v) is 4.72. The predicted molar refractivity (Wildman–Crippen MR) is 54.9 cm³/mol. The predicted octanol–water partition coefficient (Wildman–Crippen LogP) is 0.0237. The van der Waals surface area contributed by atoms with Crippen molar-refractivity contribution in [3.63, 3.8) is 0 Å². The first-order chi connectivity index (χ1) is 6.42. The van der Waals surface area contributed by atoms with Crippen LogP contribution in [0, 0.1) is 0 Å². The van der Waals surface area contributed by atoms with Crippen LogP contribution in [0.1, 0.15) is 0 Å². The first-order valence-electron chi connectivity index (χ1n) is 3.97. The van der Waals surface area contributed by atoms with Crippen LogP contribution in [0.4, 0.5) is 5.69 Å². The maximum atomic E-state index is 11.6. The van der Waals surface area contributed by atoms with Crippen molar-refractivity contribution >= 4 is 15.7 Å². The van der Waals surface area contributed by atoms with E-state index < -0.39 is 10.0 Å². The van der Waals surface area contributed by atoms with Crippen LogP contribution < -0.4 is 10.6 Å². The van der Waals surface area contributed by atoms with Crippen LogP contribution in [0.15, 0.2) is 29.2 Å². The highest BCUT2D eigenvalue weighted by Gasteiger charge is 2.13. The van der Waals surface area contributed by atoms with Crippen LogP contribution in [0.25, 0.3) is 0 Å². The van der Waals surface area contributed by atoms with Gasteiger partial charge in [0.15, 0.2) is 0 Å². The topological polar surface area (TPSA) is 75.4 Å². The van der Waals surface area contributed by atoms with Crippen molar-refractivity contribution in [3.8, 4) is 0 Å². The van der Waals surface area contributed by atoms with Gasteiger partial charge in [0.05, 0.1) is 4.90 Å². The number of hydrazine groups is 1. The van der Waals surface area contributed by atoms with Crippen molar-refractivity contribution in [2.75, 3.05) is 19.8 Å². The molecule has 0 saturated heterocycles. The van der Waals surface area contributed by atoms with Gasteiger partial charge in [0, 0.05) is 19.8 Å². The molecule has 1 rings (SSSR count). The zero-order valence-electron chi connectivity index (χ0n) is 8.06. The highest BCUT2D eigenvalue weighted by Crippen LogP contribution is 2.10. The highest BCUT2D eigenvalue weighted by atomic mass is 32.2. The first-order valence-corrected chi connectivity index (χ1v) is 5.45. The summed E-state index contributed by atoms with van der Waals surface area (Å²) in [5.41, 5.74) is 5.98. The Morgan fingerprint density at radius 3 is 2.14 bits per heavy atom. The molecule has 0 aliphatic rings. The van der Waals surface area contributed by atoms with Crippen LogP contribution >= 0.6 is 0 Å². The summed E-state index contributed by atoms with van der Waals surface area (Å²) in [6.45, 7) is 0. The Balaban J connectivity index is 2.99. The summed E-state index contributed by atoms with van der Waals surface area (Å²) in [4.78, 5) is 2.51. The maximum Gasteiger partial charge on any atom is 0.253 e. The molecule has 0 aromatic heterocycles. The molecule has 6 heteroatoms. The van der Waals surface area contributed by atoms with E-state index >= 15 is 0 Å². The number of benzene rings is 1. The minimum atomic E-state index is -3.46. The summed E-state index contributed by atoms with van der Waals surface area (Å²) in [7, 11) is -0.244. The molecule has 0 aliphatic heterocycles. The monoisotopic (exact) mass is 215 g/mol. The molecule has 1 aromatic carbocycles. The molecular formula is C8H13N3O2S. The number of nitrogens with zero attached hydrogens (tertiary/aromatic N) is 1. The van der Waals surface area contributed by atoms with E-state index in [2.05, 4.69) is 4.83 Å². The van der Waals surface area contributed by atoms with Gasteiger partial charge in [-0.1, -0.05) is 0 Å². The van der Waals surface area contributed by atoms with Crippen molar-refractivity contribution in [3.05, 3.63) is 24.3 Å². The van der Waals surface area contributed by atoms with E-state index in [1.54, 1.807) is 26.2 Å². The van der Waals surface area contributed by atoms with Crippen molar-refractivity contribution in [2.24, 2.45) is 0 Å². The summed E-state index contributed by atoms with van der Waals surface area (Å²) in [6.07, 6.45) is 0. The Kier molecular flexibility index (Phi) is 3.10. The van der Waals surface area contributed by atoms with Gasteiger partial charge >= 0.3 is 0 Å². The minimum absolute atomic E-state index is 0.195. The highest BCUT2D eigenvalue weighted by molar-refractivity contribution is 7.89. The molecular weight excluding hydrogens is 202 g/mol. The molecule has 0 heterocycles. The molecule has 0 aliphatic carbocycles. The SMILES string of the molecule is CN(C)NS(=O)(=O)c1ccc(N)cc1. The van der Waals surface area contributed by atoms with Gasteiger partial charge in [0.2, 0.25) is 0 Å². The Labute approximate surface area is 83.5 Å². The van der Waals surface area contributed by atoms with E-state index in [-0.39, 0.29) is 4.90 Å². The third-order valence-corrected chi connectivity index (χ3v) is 2.99. The van der Waals surface area contributed by atoms with Crippen molar-refractivity contribution in [2.45, 2.75) is 4.90 Å². The van der Waals surface area contributed by atoms with Crippen molar-refractivity contribution in [1.29, 1.82) is 0 Å². The summed E-state index contributed by atoms with van der Waals surface area (Å²) in [5.74, 6) is 0. The van der Waals surface area contributed by atoms with Crippen molar-refractivity contribution < 1.29 is 8.42 Å². The molecule has 5 nitrogen and oxygen atoms in total. The lowest BCUT2D eigenvalue weighted by atomic mass is 10.3. The number of anilines is 1. The third-order valence-electron chi connectivity index (χ3n) is 1.49. The average molecular weight is 215 g/mol. The molecule has 0 radical (unpaired) electrons. The molecule has 0 atom stereocenters. The van der Waals surface area contributed by atoms with E-state index in [1.165, 1.54) is 17.1 Å². The third kappa shape index (κ3) is 2.69. The van der Waals surface area contributed by atoms with Crippen LogP contribution in [0.3, 0.4) is 0 Å². The van der Waals surface area contributed by atoms with Gasteiger partial charge in [-0.2, -0.15) is 0 Å². The Hall–Kier alpha value is -1.11. The Morgan fingerprint density at radius 1 is 1.21 bits per heavy atom. The number of sulfonamides is 1. The quantitative estimate of drug-likeness (QED) is 0.550. The van der Waals surface area contributed by atoms with Gasteiger partial charge < -0.3 is 5.73 Å². The lowest BCUT2D eigenvalue weighted by Gasteiger charge is -2.12. The fourth-order valence-electron chi connectivity index (χ4n) is 0.940. The average Bonchev–Trinajstić information content (AvgIpc) is 2.02. The van der Waals surface area contributed by atoms with E-state index in [4.69, 9.17) is 5.73 Å². The van der Waals surface area contributed by atoms with Gasteiger partial charge in [-0.05, 0) is 24.3 Å². The lowest BCUT2D eigenvalue weighted by Crippen LogP contribution is -2.36. The van der Waals surface area contributed by atoms with Gasteiger partial charge in [0.25, 0.3) is 10.0 Å². The molecule has 0 amide bonds. The smallest absolute Gasteiger partial charge is 0.253 e. The number of rotatable bonds is 3. The van der Waals surface area contributed by atoms with Crippen LogP contribution in [-0.2, 0) is 10.0 Å². The van der Waals surface area contributed by atoms with E-state index in [1.807, 2.05) is 0 Å². The summed E-state index contributed by atoms with van der Waals surface area (Å²) in [5, 5.41) is 1.37. The first kappa shape index (κ1) is 11.0. The normalized spacial score (nSPS) is 11.9. The van der Waals surface area contributed by atoms with Gasteiger partial charge in [-0.3, -0.25) is 0 Å². The van der Waals surface area contributed by atoms with Crippen LogP contribution in [0.5, 0.6) is 0 Å². The molecule has 0 spiro atoms. The number of hydrogen-bond donors (Lipinski definition) is 2. The lowest BCUT2D eigenvalue weighted by molar-refractivity contribution is 0.364. The molecule has 0 fully saturated rings.